The van der Waals surface area contributed by atoms with Crippen LogP contribution in [0.4, 0.5) is 0 Å². The number of benzene rings is 2. The molecular formula is C22H20N2O4S. The van der Waals surface area contributed by atoms with E-state index in [4.69, 9.17) is 9.47 Å². The predicted octanol–water partition coefficient (Wildman–Crippen LogP) is 3.97. The molecule has 1 heterocycles. The lowest BCUT2D eigenvalue weighted by Gasteiger charge is -2.06. The first-order valence-electron chi connectivity index (χ1n) is 9.38. The molecule has 1 aromatic heterocycles. The number of rotatable bonds is 8. The van der Waals surface area contributed by atoms with Crippen molar-refractivity contribution >= 4 is 23.2 Å². The van der Waals surface area contributed by atoms with Crippen LogP contribution in [0.3, 0.4) is 0 Å². The fourth-order valence-electron chi connectivity index (χ4n) is 2.68. The Kier molecular flexibility index (Phi) is 5.86. The zero-order valence-electron chi connectivity index (χ0n) is 15.7. The topological polar surface area (TPSA) is 77.5 Å². The van der Waals surface area contributed by atoms with E-state index in [2.05, 4.69) is 10.3 Å². The molecule has 1 fully saturated rings. The molecule has 2 aromatic carbocycles. The normalized spacial score (nSPS) is 13.0. The predicted molar refractivity (Wildman–Crippen MR) is 110 cm³/mol. The average molecular weight is 408 g/mol. The molecule has 0 radical (unpaired) electrons. The molecule has 1 aliphatic rings. The van der Waals surface area contributed by atoms with E-state index in [9.17, 15) is 9.59 Å². The minimum Gasteiger partial charge on any atom is -0.457 e. The first-order chi connectivity index (χ1) is 14.2. The third-order valence-corrected chi connectivity index (χ3v) is 5.18. The highest BCUT2D eigenvalue weighted by Gasteiger charge is 2.23. The first kappa shape index (κ1) is 19.1. The minimum absolute atomic E-state index is 0.0351. The van der Waals surface area contributed by atoms with Gasteiger partial charge in [-0.15, -0.1) is 11.3 Å². The Balaban J connectivity index is 1.34. The van der Waals surface area contributed by atoms with Crippen molar-refractivity contribution in [3.05, 3.63) is 65.7 Å². The highest BCUT2D eigenvalue weighted by atomic mass is 32.1. The van der Waals surface area contributed by atoms with Gasteiger partial charge in [0, 0.05) is 17.0 Å². The summed E-state index contributed by atoms with van der Waals surface area (Å²) in [4.78, 5) is 28.1. The number of carbonyl (C=O) groups excluding carboxylic acids is 2. The largest absolute Gasteiger partial charge is 0.457 e. The summed E-state index contributed by atoms with van der Waals surface area (Å²) in [6.45, 7) is -0.245. The van der Waals surface area contributed by atoms with Gasteiger partial charge in [-0.2, -0.15) is 0 Å². The Labute approximate surface area is 172 Å². The Hall–Kier alpha value is -3.19. The second-order valence-corrected chi connectivity index (χ2v) is 7.62. The SMILES string of the molecule is O=C(COC(=O)Cc1csc(-c2cccc(Oc3ccccc3)c2)n1)NC1CC1. The monoisotopic (exact) mass is 408 g/mol. The van der Waals surface area contributed by atoms with Crippen LogP contribution in [0.15, 0.2) is 60.0 Å². The number of ether oxygens (including phenoxy) is 2. The van der Waals surface area contributed by atoms with E-state index in [1.165, 1.54) is 11.3 Å². The van der Waals surface area contributed by atoms with Crippen LogP contribution in [0.2, 0.25) is 0 Å². The zero-order valence-corrected chi connectivity index (χ0v) is 16.5. The van der Waals surface area contributed by atoms with Crippen molar-refractivity contribution in [2.24, 2.45) is 0 Å². The van der Waals surface area contributed by atoms with Crippen molar-refractivity contribution in [1.29, 1.82) is 0 Å². The van der Waals surface area contributed by atoms with Crippen LogP contribution in [-0.4, -0.2) is 29.5 Å². The molecular weight excluding hydrogens is 388 g/mol. The molecule has 1 N–H and O–H groups in total. The summed E-state index contributed by atoms with van der Waals surface area (Å²) in [5.41, 5.74) is 1.53. The van der Waals surface area contributed by atoms with Crippen molar-refractivity contribution in [2.75, 3.05) is 6.61 Å². The maximum absolute atomic E-state index is 12.0. The number of nitrogens with one attached hydrogen (secondary N) is 1. The second-order valence-electron chi connectivity index (χ2n) is 6.77. The highest BCUT2D eigenvalue weighted by Crippen LogP contribution is 2.29. The van der Waals surface area contributed by atoms with Crippen LogP contribution in [-0.2, 0) is 20.7 Å². The lowest BCUT2D eigenvalue weighted by molar-refractivity contribution is -0.147. The third kappa shape index (κ3) is 5.65. The molecule has 3 aromatic rings. The molecule has 1 aliphatic carbocycles. The third-order valence-electron chi connectivity index (χ3n) is 4.24. The number of esters is 1. The van der Waals surface area contributed by atoms with E-state index in [0.29, 0.717) is 11.4 Å². The molecule has 0 bridgehead atoms. The number of nitrogens with zero attached hydrogens (tertiary/aromatic N) is 1. The molecule has 0 unspecified atom stereocenters. The molecule has 0 saturated heterocycles. The van der Waals surface area contributed by atoms with Crippen LogP contribution in [0, 0.1) is 0 Å². The number of para-hydroxylation sites is 1. The molecule has 0 aliphatic heterocycles. The maximum Gasteiger partial charge on any atom is 0.312 e. The number of aromatic nitrogens is 1. The number of amides is 1. The van der Waals surface area contributed by atoms with Gasteiger partial charge in [0.1, 0.15) is 16.5 Å². The molecule has 7 heteroatoms. The van der Waals surface area contributed by atoms with Gasteiger partial charge in [0.15, 0.2) is 6.61 Å². The summed E-state index contributed by atoms with van der Waals surface area (Å²) in [6.07, 6.45) is 2.03. The summed E-state index contributed by atoms with van der Waals surface area (Å²) >= 11 is 1.45. The molecule has 4 rings (SSSR count). The standard InChI is InChI=1S/C22H20N2O4S/c25-20(23-16-9-10-16)13-27-21(26)12-17-14-29-22(24-17)15-5-4-8-19(11-15)28-18-6-2-1-3-7-18/h1-8,11,14,16H,9-10,12-13H2,(H,23,25). The van der Waals surface area contributed by atoms with Gasteiger partial charge in [-0.1, -0.05) is 30.3 Å². The molecule has 0 spiro atoms. The van der Waals surface area contributed by atoms with Gasteiger partial charge in [-0.05, 0) is 37.1 Å². The zero-order chi connectivity index (χ0) is 20.1. The van der Waals surface area contributed by atoms with Gasteiger partial charge >= 0.3 is 5.97 Å². The van der Waals surface area contributed by atoms with Crippen LogP contribution >= 0.6 is 11.3 Å². The fraction of sp³-hybridized carbons (Fsp3) is 0.227. The lowest BCUT2D eigenvalue weighted by Crippen LogP contribution is -2.30. The van der Waals surface area contributed by atoms with E-state index in [0.717, 1.165) is 29.2 Å². The van der Waals surface area contributed by atoms with Crippen molar-refractivity contribution in [1.82, 2.24) is 10.3 Å². The minimum atomic E-state index is -0.464. The van der Waals surface area contributed by atoms with E-state index in [1.807, 2.05) is 60.0 Å². The lowest BCUT2D eigenvalue weighted by atomic mass is 10.2. The molecule has 1 amide bonds. The molecule has 6 nitrogen and oxygen atoms in total. The summed E-state index contributed by atoms with van der Waals surface area (Å²) < 4.78 is 10.9. The van der Waals surface area contributed by atoms with E-state index < -0.39 is 5.97 Å². The molecule has 148 valence electrons. The van der Waals surface area contributed by atoms with Crippen molar-refractivity contribution < 1.29 is 19.1 Å². The molecule has 0 atom stereocenters. The maximum atomic E-state index is 12.0. The molecule has 29 heavy (non-hydrogen) atoms. The first-order valence-corrected chi connectivity index (χ1v) is 10.3. The molecule has 1 saturated carbocycles. The Bertz CT molecular complexity index is 999. The van der Waals surface area contributed by atoms with Crippen LogP contribution in [0.5, 0.6) is 11.5 Å². The van der Waals surface area contributed by atoms with Crippen LogP contribution in [0.25, 0.3) is 10.6 Å². The quantitative estimate of drug-likeness (QED) is 0.571. The van der Waals surface area contributed by atoms with Gasteiger partial charge in [0.2, 0.25) is 0 Å². The van der Waals surface area contributed by atoms with Crippen molar-refractivity contribution in [2.45, 2.75) is 25.3 Å². The summed E-state index contributed by atoms with van der Waals surface area (Å²) in [5.74, 6) is 0.758. The Morgan fingerprint density at radius 1 is 1.07 bits per heavy atom. The van der Waals surface area contributed by atoms with Crippen molar-refractivity contribution in [3.63, 3.8) is 0 Å². The van der Waals surface area contributed by atoms with E-state index >= 15 is 0 Å². The Morgan fingerprint density at radius 3 is 2.66 bits per heavy atom. The van der Waals surface area contributed by atoms with Gasteiger partial charge in [-0.3, -0.25) is 9.59 Å². The van der Waals surface area contributed by atoms with Crippen LogP contribution in [0.1, 0.15) is 18.5 Å². The second kappa shape index (κ2) is 8.87. The van der Waals surface area contributed by atoms with Gasteiger partial charge < -0.3 is 14.8 Å². The Morgan fingerprint density at radius 2 is 1.86 bits per heavy atom. The number of thiazole rings is 1. The highest BCUT2D eigenvalue weighted by molar-refractivity contribution is 7.13. The summed E-state index contributed by atoms with van der Waals surface area (Å²) in [5, 5.41) is 5.39. The van der Waals surface area contributed by atoms with E-state index in [-0.39, 0.29) is 25.0 Å². The van der Waals surface area contributed by atoms with Gasteiger partial charge in [-0.25, -0.2) is 4.98 Å². The fourth-order valence-corrected chi connectivity index (χ4v) is 3.50. The van der Waals surface area contributed by atoms with E-state index in [1.54, 1.807) is 0 Å². The van der Waals surface area contributed by atoms with Gasteiger partial charge in [0.25, 0.3) is 5.91 Å². The van der Waals surface area contributed by atoms with Crippen molar-refractivity contribution in [3.8, 4) is 22.1 Å². The summed E-state index contributed by atoms with van der Waals surface area (Å²) in [7, 11) is 0. The number of hydrogen-bond acceptors (Lipinski definition) is 6. The van der Waals surface area contributed by atoms with Crippen LogP contribution < -0.4 is 10.1 Å². The number of hydrogen-bond donors (Lipinski definition) is 1. The van der Waals surface area contributed by atoms with Gasteiger partial charge in [0.05, 0.1) is 12.1 Å². The average Bonchev–Trinajstić information content (AvgIpc) is 3.42. The summed E-state index contributed by atoms with van der Waals surface area (Å²) in [6, 6.07) is 17.5. The number of carbonyl (C=O) groups is 2. The smallest absolute Gasteiger partial charge is 0.312 e.